The average Bonchev–Trinajstić information content (AvgIpc) is 2.83. The van der Waals surface area contributed by atoms with Crippen LogP contribution in [0, 0.1) is 0 Å². The third-order valence-electron chi connectivity index (χ3n) is 3.17. The number of fused-ring (bicyclic) bond motifs is 1. The van der Waals surface area contributed by atoms with Crippen LogP contribution in [0.15, 0.2) is 36.4 Å². The molecule has 4 heteroatoms. The Morgan fingerprint density at radius 3 is 2.84 bits per heavy atom. The zero-order valence-corrected chi connectivity index (χ0v) is 11.2. The van der Waals surface area contributed by atoms with Crippen molar-refractivity contribution < 1.29 is 5.11 Å². The van der Waals surface area contributed by atoms with Gasteiger partial charge in [0.2, 0.25) is 0 Å². The van der Waals surface area contributed by atoms with Crippen LogP contribution in [-0.4, -0.2) is 15.1 Å². The van der Waals surface area contributed by atoms with Gasteiger partial charge < -0.3 is 10.1 Å². The van der Waals surface area contributed by atoms with Crippen molar-refractivity contribution in [1.82, 2.24) is 9.97 Å². The van der Waals surface area contributed by atoms with E-state index in [1.165, 1.54) is 5.56 Å². The molecule has 0 amide bonds. The molecule has 3 aromatic rings. The normalized spacial score (nSPS) is 11.1. The Morgan fingerprint density at radius 2 is 2.05 bits per heavy atom. The van der Waals surface area contributed by atoms with Crippen molar-refractivity contribution in [2.24, 2.45) is 0 Å². The number of rotatable bonds is 2. The van der Waals surface area contributed by atoms with E-state index in [-0.39, 0.29) is 5.75 Å². The number of aromatic amines is 1. The number of aryl methyl sites for hydroxylation is 1. The summed E-state index contributed by atoms with van der Waals surface area (Å²) in [5.41, 5.74) is 3.71. The second-order valence-corrected chi connectivity index (χ2v) is 4.89. The molecule has 0 aliphatic carbocycles. The molecule has 3 nitrogen and oxygen atoms in total. The Kier molecular flexibility index (Phi) is 2.91. The molecule has 0 radical (unpaired) electrons. The minimum absolute atomic E-state index is 0.166. The number of hydrogen-bond acceptors (Lipinski definition) is 2. The zero-order valence-electron chi connectivity index (χ0n) is 10.4. The maximum Gasteiger partial charge on any atom is 0.142 e. The summed E-state index contributed by atoms with van der Waals surface area (Å²) in [6.07, 6.45) is 0.979. The Hall–Kier alpha value is -2.00. The van der Waals surface area contributed by atoms with Gasteiger partial charge >= 0.3 is 0 Å². The van der Waals surface area contributed by atoms with Gasteiger partial charge in [-0.3, -0.25) is 0 Å². The molecule has 0 saturated carbocycles. The van der Waals surface area contributed by atoms with Gasteiger partial charge in [0.1, 0.15) is 11.6 Å². The van der Waals surface area contributed by atoms with E-state index in [1.54, 1.807) is 18.2 Å². The van der Waals surface area contributed by atoms with E-state index in [9.17, 15) is 5.11 Å². The van der Waals surface area contributed by atoms with E-state index in [0.29, 0.717) is 16.4 Å². The molecule has 0 aliphatic heterocycles. The first-order chi connectivity index (χ1) is 9.17. The van der Waals surface area contributed by atoms with Crippen LogP contribution in [0.2, 0.25) is 5.02 Å². The zero-order chi connectivity index (χ0) is 13.4. The van der Waals surface area contributed by atoms with Crippen molar-refractivity contribution >= 4 is 22.6 Å². The monoisotopic (exact) mass is 272 g/mol. The molecule has 3 rings (SSSR count). The van der Waals surface area contributed by atoms with Crippen molar-refractivity contribution in [3.05, 3.63) is 47.0 Å². The third kappa shape index (κ3) is 2.17. The Bertz CT molecular complexity index is 749. The van der Waals surface area contributed by atoms with Gasteiger partial charge in [0.25, 0.3) is 0 Å². The third-order valence-corrected chi connectivity index (χ3v) is 3.40. The first-order valence-electron chi connectivity index (χ1n) is 6.15. The van der Waals surface area contributed by atoms with Crippen LogP contribution in [-0.2, 0) is 6.42 Å². The lowest BCUT2D eigenvalue weighted by Gasteiger charge is -2.01. The number of nitrogens with zero attached hydrogens (tertiary/aromatic N) is 1. The largest absolute Gasteiger partial charge is 0.507 e. The molecular formula is C15H13ClN2O. The molecule has 0 fully saturated rings. The van der Waals surface area contributed by atoms with Crippen LogP contribution in [0.4, 0.5) is 0 Å². The van der Waals surface area contributed by atoms with E-state index in [4.69, 9.17) is 11.6 Å². The number of aromatic hydroxyl groups is 1. The fourth-order valence-corrected chi connectivity index (χ4v) is 2.27. The molecule has 0 spiro atoms. The molecule has 2 N–H and O–H groups in total. The summed E-state index contributed by atoms with van der Waals surface area (Å²) >= 11 is 5.96. The molecule has 96 valence electrons. The lowest BCUT2D eigenvalue weighted by molar-refractivity contribution is 0.477. The highest BCUT2D eigenvalue weighted by atomic mass is 35.5. The quantitative estimate of drug-likeness (QED) is 0.736. The van der Waals surface area contributed by atoms with Crippen molar-refractivity contribution in [2.75, 3.05) is 0 Å². The Labute approximate surface area is 115 Å². The molecule has 0 atom stereocenters. The van der Waals surface area contributed by atoms with Gasteiger partial charge in [-0.15, -0.1) is 0 Å². The smallest absolute Gasteiger partial charge is 0.142 e. The topological polar surface area (TPSA) is 48.9 Å². The summed E-state index contributed by atoms with van der Waals surface area (Å²) in [7, 11) is 0. The Morgan fingerprint density at radius 1 is 1.21 bits per heavy atom. The highest BCUT2D eigenvalue weighted by molar-refractivity contribution is 6.30. The number of phenolic OH excluding ortho intramolecular Hbond substituents is 1. The highest BCUT2D eigenvalue weighted by Crippen LogP contribution is 2.31. The summed E-state index contributed by atoms with van der Waals surface area (Å²) in [4.78, 5) is 7.71. The number of aromatic nitrogens is 2. The van der Waals surface area contributed by atoms with E-state index in [1.807, 2.05) is 6.07 Å². The van der Waals surface area contributed by atoms with E-state index in [2.05, 4.69) is 29.0 Å². The molecule has 1 heterocycles. The predicted octanol–water partition coefficient (Wildman–Crippen LogP) is 4.15. The number of hydrogen-bond donors (Lipinski definition) is 2. The van der Waals surface area contributed by atoms with Crippen LogP contribution in [0.3, 0.4) is 0 Å². The molecule has 0 saturated heterocycles. The SMILES string of the molecule is CCc1ccc2nc(-c3cc(Cl)ccc3O)[nH]c2c1. The van der Waals surface area contributed by atoms with E-state index in [0.717, 1.165) is 17.5 Å². The highest BCUT2D eigenvalue weighted by Gasteiger charge is 2.10. The lowest BCUT2D eigenvalue weighted by atomic mass is 10.1. The minimum atomic E-state index is 0.166. The lowest BCUT2D eigenvalue weighted by Crippen LogP contribution is -1.81. The molecule has 0 bridgehead atoms. The summed E-state index contributed by atoms with van der Waals surface area (Å²) < 4.78 is 0. The van der Waals surface area contributed by atoms with Gasteiger partial charge in [0.15, 0.2) is 0 Å². The van der Waals surface area contributed by atoms with Gasteiger partial charge in [0, 0.05) is 5.02 Å². The van der Waals surface area contributed by atoms with Gasteiger partial charge in [-0.1, -0.05) is 24.6 Å². The second-order valence-electron chi connectivity index (χ2n) is 4.45. The van der Waals surface area contributed by atoms with Gasteiger partial charge in [-0.2, -0.15) is 0 Å². The number of nitrogens with one attached hydrogen (secondary N) is 1. The maximum absolute atomic E-state index is 9.90. The van der Waals surface area contributed by atoms with E-state index >= 15 is 0 Å². The van der Waals surface area contributed by atoms with Crippen molar-refractivity contribution in [2.45, 2.75) is 13.3 Å². The van der Waals surface area contributed by atoms with Crippen LogP contribution in [0.1, 0.15) is 12.5 Å². The standard InChI is InChI=1S/C15H13ClN2O/c1-2-9-3-5-12-13(7-9)18-15(17-12)11-8-10(16)4-6-14(11)19/h3-8,19H,2H2,1H3,(H,17,18). The van der Waals surface area contributed by atoms with E-state index < -0.39 is 0 Å². The molecule has 0 aliphatic rings. The predicted molar refractivity (Wildman–Crippen MR) is 77.6 cm³/mol. The van der Waals surface area contributed by atoms with Crippen molar-refractivity contribution in [3.63, 3.8) is 0 Å². The van der Waals surface area contributed by atoms with Crippen LogP contribution in [0.25, 0.3) is 22.4 Å². The number of phenols is 1. The summed E-state index contributed by atoms with van der Waals surface area (Å²) in [5.74, 6) is 0.794. The van der Waals surface area contributed by atoms with Gasteiger partial charge in [-0.05, 0) is 42.3 Å². The van der Waals surface area contributed by atoms with Crippen LogP contribution in [0.5, 0.6) is 5.75 Å². The fourth-order valence-electron chi connectivity index (χ4n) is 2.10. The van der Waals surface area contributed by atoms with Gasteiger partial charge in [0.05, 0.1) is 16.6 Å². The molecule has 2 aromatic carbocycles. The summed E-state index contributed by atoms with van der Waals surface area (Å²) in [6.45, 7) is 2.11. The summed E-state index contributed by atoms with van der Waals surface area (Å²) in [5, 5.41) is 10.5. The minimum Gasteiger partial charge on any atom is -0.507 e. The summed E-state index contributed by atoms with van der Waals surface area (Å²) in [6, 6.07) is 11.0. The average molecular weight is 273 g/mol. The van der Waals surface area contributed by atoms with Gasteiger partial charge in [-0.25, -0.2) is 4.98 Å². The Balaban J connectivity index is 2.17. The van der Waals surface area contributed by atoms with Crippen LogP contribution >= 0.6 is 11.6 Å². The molecule has 19 heavy (non-hydrogen) atoms. The maximum atomic E-state index is 9.90. The van der Waals surface area contributed by atoms with Crippen molar-refractivity contribution in [1.29, 1.82) is 0 Å². The number of halogens is 1. The molecular weight excluding hydrogens is 260 g/mol. The fraction of sp³-hybridized carbons (Fsp3) is 0.133. The molecule has 0 unspecified atom stereocenters. The molecule has 1 aromatic heterocycles. The first kappa shape index (κ1) is 12.1. The van der Waals surface area contributed by atoms with Crippen molar-refractivity contribution in [3.8, 4) is 17.1 Å². The number of H-pyrrole nitrogens is 1. The number of benzene rings is 2. The number of imidazole rings is 1. The first-order valence-corrected chi connectivity index (χ1v) is 6.52. The second kappa shape index (κ2) is 4.59. The van der Waals surface area contributed by atoms with Crippen LogP contribution < -0.4 is 0 Å².